The van der Waals surface area contributed by atoms with Gasteiger partial charge in [-0.3, -0.25) is 14.3 Å². The molecule has 0 bridgehead atoms. The van der Waals surface area contributed by atoms with Gasteiger partial charge in [0, 0.05) is 24.6 Å². The molecule has 1 aliphatic heterocycles. The van der Waals surface area contributed by atoms with E-state index in [0.717, 1.165) is 37.2 Å². The molecule has 0 atom stereocenters. The van der Waals surface area contributed by atoms with Crippen molar-refractivity contribution < 1.29 is 4.79 Å². The normalized spacial score (nSPS) is 15.4. The van der Waals surface area contributed by atoms with Gasteiger partial charge in [-0.25, -0.2) is 4.68 Å². The highest BCUT2D eigenvalue weighted by atomic mass is 32.1. The number of Topliss-reactive ketones (excluding diaryl/α,β-unsaturated/α-hetero) is 1. The summed E-state index contributed by atoms with van der Waals surface area (Å²) in [6, 6.07) is 14.3. The maximum Gasteiger partial charge on any atom is 0.203 e. The van der Waals surface area contributed by atoms with Crippen molar-refractivity contribution in [2.24, 2.45) is 5.92 Å². The number of piperidine rings is 1. The van der Waals surface area contributed by atoms with E-state index in [0.29, 0.717) is 11.4 Å². The monoisotopic (exact) mass is 420 g/mol. The van der Waals surface area contributed by atoms with Crippen LogP contribution >= 0.6 is 12.2 Å². The zero-order valence-electron chi connectivity index (χ0n) is 17.8. The lowest BCUT2D eigenvalue weighted by molar-refractivity contribution is 0.0803. The third-order valence-electron chi connectivity index (χ3n) is 5.97. The van der Waals surface area contributed by atoms with E-state index in [4.69, 9.17) is 12.2 Å². The molecule has 0 radical (unpaired) electrons. The molecule has 0 aliphatic carbocycles. The molecular formula is C24H28N4OS. The molecule has 30 heavy (non-hydrogen) atoms. The first-order chi connectivity index (χ1) is 14.4. The summed E-state index contributed by atoms with van der Waals surface area (Å²) in [5.74, 6) is 0.370. The number of carbonyl (C=O) groups excluding carboxylic acids is 1. The minimum Gasteiger partial charge on any atom is -0.294 e. The molecule has 1 fully saturated rings. The van der Waals surface area contributed by atoms with Crippen LogP contribution < -0.4 is 0 Å². The van der Waals surface area contributed by atoms with E-state index in [1.165, 1.54) is 16.7 Å². The van der Waals surface area contributed by atoms with Crippen molar-refractivity contribution in [2.45, 2.75) is 40.3 Å². The predicted octanol–water partition coefficient (Wildman–Crippen LogP) is 4.88. The molecule has 0 N–H and O–H groups in total. The van der Waals surface area contributed by atoms with E-state index in [-0.39, 0.29) is 11.7 Å². The van der Waals surface area contributed by atoms with Crippen molar-refractivity contribution in [3.05, 3.63) is 75.8 Å². The zero-order chi connectivity index (χ0) is 21.3. The second-order valence-corrected chi connectivity index (χ2v) is 8.70. The van der Waals surface area contributed by atoms with Crippen LogP contribution in [-0.2, 0) is 6.67 Å². The lowest BCUT2D eigenvalue weighted by Gasteiger charge is -2.30. The number of hydrogen-bond donors (Lipinski definition) is 0. The average Bonchev–Trinajstić information content (AvgIpc) is 3.09. The summed E-state index contributed by atoms with van der Waals surface area (Å²) in [5.41, 5.74) is 5.49. The maximum absolute atomic E-state index is 12.8. The number of aryl methyl sites for hydroxylation is 3. The Morgan fingerprint density at radius 3 is 2.37 bits per heavy atom. The van der Waals surface area contributed by atoms with Crippen LogP contribution in [0.4, 0.5) is 0 Å². The van der Waals surface area contributed by atoms with Gasteiger partial charge >= 0.3 is 0 Å². The van der Waals surface area contributed by atoms with Gasteiger partial charge in [0.2, 0.25) is 4.77 Å². The van der Waals surface area contributed by atoms with Gasteiger partial charge in [0.15, 0.2) is 5.78 Å². The first-order valence-corrected chi connectivity index (χ1v) is 10.9. The topological polar surface area (TPSA) is 43.1 Å². The quantitative estimate of drug-likeness (QED) is 0.436. The van der Waals surface area contributed by atoms with Gasteiger partial charge in [-0.05, 0) is 57.5 Å². The Morgan fingerprint density at radius 1 is 1.03 bits per heavy atom. The van der Waals surface area contributed by atoms with Crippen LogP contribution in [0.1, 0.15) is 39.9 Å². The van der Waals surface area contributed by atoms with Gasteiger partial charge in [0.1, 0.15) is 6.33 Å². The van der Waals surface area contributed by atoms with Gasteiger partial charge < -0.3 is 0 Å². The lowest BCUT2D eigenvalue weighted by Crippen LogP contribution is -2.37. The molecule has 0 unspecified atom stereocenters. The maximum atomic E-state index is 12.8. The summed E-state index contributed by atoms with van der Waals surface area (Å²) in [5, 5.41) is 4.53. The second-order valence-electron chi connectivity index (χ2n) is 8.34. The summed E-state index contributed by atoms with van der Waals surface area (Å²) >= 11 is 5.69. The number of hydrogen-bond acceptors (Lipinski definition) is 4. The Labute approximate surface area is 183 Å². The Bertz CT molecular complexity index is 1100. The SMILES string of the molecule is Cc1ccc(C(=O)C2CCN(Cn3ncn(-c4ccc(C)cc4C)c3=S)CC2)cc1. The highest BCUT2D eigenvalue weighted by molar-refractivity contribution is 7.71. The first kappa shape index (κ1) is 20.7. The van der Waals surface area contributed by atoms with E-state index in [9.17, 15) is 4.79 Å². The number of ketones is 1. The number of rotatable bonds is 5. The molecule has 2 aromatic carbocycles. The number of carbonyl (C=O) groups is 1. The van der Waals surface area contributed by atoms with Gasteiger partial charge in [-0.2, -0.15) is 5.10 Å². The molecule has 1 saturated heterocycles. The molecule has 156 valence electrons. The van der Waals surface area contributed by atoms with Crippen LogP contribution in [0.15, 0.2) is 48.8 Å². The fraction of sp³-hybridized carbons (Fsp3) is 0.375. The van der Waals surface area contributed by atoms with Crippen molar-refractivity contribution in [2.75, 3.05) is 13.1 Å². The molecule has 1 aromatic heterocycles. The van der Waals surface area contributed by atoms with Crippen LogP contribution in [0.5, 0.6) is 0 Å². The summed E-state index contributed by atoms with van der Waals surface area (Å²) in [6.07, 6.45) is 3.54. The van der Waals surface area contributed by atoms with E-state index in [2.05, 4.69) is 42.0 Å². The van der Waals surface area contributed by atoms with Crippen LogP contribution in [0.2, 0.25) is 0 Å². The molecule has 0 spiro atoms. The Hall–Kier alpha value is -2.57. The van der Waals surface area contributed by atoms with E-state index < -0.39 is 0 Å². The molecule has 0 saturated carbocycles. The van der Waals surface area contributed by atoms with Crippen molar-refractivity contribution in [1.29, 1.82) is 0 Å². The minimum atomic E-state index is 0.102. The molecule has 0 amide bonds. The van der Waals surface area contributed by atoms with E-state index >= 15 is 0 Å². The van der Waals surface area contributed by atoms with Crippen LogP contribution in [0, 0.1) is 31.5 Å². The first-order valence-electron chi connectivity index (χ1n) is 10.5. The van der Waals surface area contributed by atoms with Crippen LogP contribution in [-0.4, -0.2) is 38.1 Å². The number of benzene rings is 2. The summed E-state index contributed by atoms with van der Waals surface area (Å²) in [4.78, 5) is 15.1. The second kappa shape index (κ2) is 8.66. The van der Waals surface area contributed by atoms with Gasteiger partial charge in [-0.1, -0.05) is 47.5 Å². The zero-order valence-corrected chi connectivity index (χ0v) is 18.7. The molecule has 3 aromatic rings. The predicted molar refractivity (Wildman–Crippen MR) is 122 cm³/mol. The van der Waals surface area contributed by atoms with Crippen LogP contribution in [0.3, 0.4) is 0 Å². The number of nitrogens with zero attached hydrogens (tertiary/aromatic N) is 4. The molecule has 2 heterocycles. The van der Waals surface area contributed by atoms with Gasteiger partial charge in [-0.15, -0.1) is 0 Å². The fourth-order valence-corrected chi connectivity index (χ4v) is 4.40. The lowest BCUT2D eigenvalue weighted by atomic mass is 9.89. The summed E-state index contributed by atoms with van der Waals surface area (Å²) in [6.45, 7) is 8.63. The Kier molecular flexibility index (Phi) is 5.97. The Balaban J connectivity index is 1.40. The standard InChI is InChI=1S/C24H28N4OS/c1-17-4-7-20(8-5-17)23(29)21-10-12-26(13-11-21)16-28-24(30)27(15-25-28)22-9-6-18(2)14-19(22)3/h4-9,14-15,21H,10-13,16H2,1-3H3. The number of likely N-dealkylation sites (tertiary alicyclic amines) is 1. The van der Waals surface area contributed by atoms with E-state index in [1.807, 2.05) is 40.4 Å². The van der Waals surface area contributed by atoms with Crippen molar-refractivity contribution in [3.8, 4) is 5.69 Å². The third kappa shape index (κ3) is 4.30. The number of aromatic nitrogens is 3. The van der Waals surface area contributed by atoms with Crippen molar-refractivity contribution in [3.63, 3.8) is 0 Å². The molecule has 1 aliphatic rings. The van der Waals surface area contributed by atoms with Crippen LogP contribution in [0.25, 0.3) is 5.69 Å². The summed E-state index contributed by atoms with van der Waals surface area (Å²) in [7, 11) is 0. The summed E-state index contributed by atoms with van der Waals surface area (Å²) < 4.78 is 4.54. The average molecular weight is 421 g/mol. The smallest absolute Gasteiger partial charge is 0.203 e. The van der Waals surface area contributed by atoms with Gasteiger partial charge in [0.05, 0.1) is 12.4 Å². The molecular weight excluding hydrogens is 392 g/mol. The van der Waals surface area contributed by atoms with Crippen molar-refractivity contribution in [1.82, 2.24) is 19.2 Å². The Morgan fingerprint density at radius 2 is 1.70 bits per heavy atom. The molecule has 5 nitrogen and oxygen atoms in total. The highest BCUT2D eigenvalue weighted by Gasteiger charge is 2.26. The third-order valence-corrected chi connectivity index (χ3v) is 6.38. The molecule has 4 rings (SSSR count). The van der Waals surface area contributed by atoms with Crippen molar-refractivity contribution >= 4 is 18.0 Å². The van der Waals surface area contributed by atoms with Gasteiger partial charge in [0.25, 0.3) is 0 Å². The largest absolute Gasteiger partial charge is 0.294 e. The van der Waals surface area contributed by atoms with E-state index in [1.54, 1.807) is 6.33 Å². The highest BCUT2D eigenvalue weighted by Crippen LogP contribution is 2.23. The minimum absolute atomic E-state index is 0.102. The fourth-order valence-electron chi connectivity index (χ4n) is 4.15. The molecule has 6 heteroatoms.